The molecule has 6 heteroatoms. The Hall–Kier alpha value is -1.92. The van der Waals surface area contributed by atoms with Crippen LogP contribution in [0.4, 0.5) is 5.69 Å². The van der Waals surface area contributed by atoms with Gasteiger partial charge in [-0.3, -0.25) is 4.79 Å². The van der Waals surface area contributed by atoms with Gasteiger partial charge in [-0.05, 0) is 49.4 Å². The van der Waals surface area contributed by atoms with Crippen molar-refractivity contribution in [3.63, 3.8) is 0 Å². The molecule has 0 atom stereocenters. The Morgan fingerprint density at radius 1 is 1.24 bits per heavy atom. The van der Waals surface area contributed by atoms with Gasteiger partial charge in [0.05, 0.1) is 11.5 Å². The lowest BCUT2D eigenvalue weighted by Crippen LogP contribution is -2.13. The van der Waals surface area contributed by atoms with Crippen LogP contribution in [0.3, 0.4) is 0 Å². The first-order valence-corrected chi connectivity index (χ1v) is 9.59. The second-order valence-corrected chi connectivity index (χ2v) is 7.26. The van der Waals surface area contributed by atoms with Gasteiger partial charge in [0.25, 0.3) is 5.91 Å². The zero-order valence-electron chi connectivity index (χ0n) is 14.5. The molecular formula is C19H24N2O3S. The quantitative estimate of drug-likeness (QED) is 0.789. The summed E-state index contributed by atoms with van der Waals surface area (Å²) in [6.45, 7) is 0.866. The highest BCUT2D eigenvalue weighted by Gasteiger charge is 2.17. The summed E-state index contributed by atoms with van der Waals surface area (Å²) in [7, 11) is 1.62. The van der Waals surface area contributed by atoms with Gasteiger partial charge in [0, 0.05) is 18.2 Å². The molecular weight excluding hydrogens is 336 g/mol. The van der Waals surface area contributed by atoms with Crippen LogP contribution < -0.4 is 10.1 Å². The summed E-state index contributed by atoms with van der Waals surface area (Å²) >= 11 is 1.62. The zero-order chi connectivity index (χ0) is 17.5. The summed E-state index contributed by atoms with van der Waals surface area (Å²) in [6.07, 6.45) is 8.82. The van der Waals surface area contributed by atoms with Gasteiger partial charge < -0.3 is 14.8 Å². The first-order chi connectivity index (χ1) is 12.3. The Labute approximate surface area is 152 Å². The van der Waals surface area contributed by atoms with Crippen molar-refractivity contribution in [1.29, 1.82) is 0 Å². The molecule has 1 aliphatic carbocycles. The number of aromatic nitrogens is 1. The van der Waals surface area contributed by atoms with Gasteiger partial charge in [0.2, 0.25) is 5.88 Å². The number of nitrogens with zero attached hydrogens (tertiary/aromatic N) is 1. The normalized spacial score (nSPS) is 14.3. The van der Waals surface area contributed by atoms with E-state index < -0.39 is 0 Å². The van der Waals surface area contributed by atoms with Crippen molar-refractivity contribution in [3.8, 4) is 5.88 Å². The predicted molar refractivity (Wildman–Crippen MR) is 99.8 cm³/mol. The smallest absolute Gasteiger partial charge is 0.265 e. The van der Waals surface area contributed by atoms with Crippen LogP contribution in [0.1, 0.15) is 45.8 Å². The van der Waals surface area contributed by atoms with Gasteiger partial charge in [0.1, 0.15) is 12.3 Å². The average molecular weight is 360 g/mol. The molecule has 1 amide bonds. The number of methoxy groups -OCH3 is 1. The highest BCUT2D eigenvalue weighted by Crippen LogP contribution is 2.30. The maximum atomic E-state index is 12.7. The molecule has 0 saturated carbocycles. The number of anilines is 1. The highest BCUT2D eigenvalue weighted by atomic mass is 32.1. The number of aryl methyl sites for hydroxylation is 2. The van der Waals surface area contributed by atoms with Crippen molar-refractivity contribution in [2.75, 3.05) is 25.6 Å². The number of pyridine rings is 1. The Morgan fingerprint density at radius 3 is 2.92 bits per heavy atom. The van der Waals surface area contributed by atoms with Gasteiger partial charge in [-0.15, -0.1) is 11.3 Å². The molecule has 0 bridgehead atoms. The summed E-state index contributed by atoms with van der Waals surface area (Å²) in [6, 6.07) is 5.64. The third kappa shape index (κ3) is 4.80. The van der Waals surface area contributed by atoms with Crippen molar-refractivity contribution in [2.45, 2.75) is 38.5 Å². The molecule has 25 heavy (non-hydrogen) atoms. The first-order valence-electron chi connectivity index (χ1n) is 8.77. The summed E-state index contributed by atoms with van der Waals surface area (Å²) in [5.74, 6) is 0.323. The van der Waals surface area contributed by atoms with E-state index in [1.165, 1.54) is 36.1 Å². The molecule has 0 unspecified atom stereocenters. The standard InChI is InChI=1S/C19H24N2O3S/c1-23-11-12-24-19-15(8-6-10-20-19)21-18(22)17-13-14-7-4-2-3-5-9-16(14)25-17/h6,8,10,13H,2-5,7,9,11-12H2,1H3,(H,21,22). The van der Waals surface area contributed by atoms with Gasteiger partial charge in [0.15, 0.2) is 0 Å². The molecule has 5 nitrogen and oxygen atoms in total. The zero-order valence-corrected chi connectivity index (χ0v) is 15.4. The minimum Gasteiger partial charge on any atom is -0.474 e. The van der Waals surface area contributed by atoms with Crippen molar-refractivity contribution in [1.82, 2.24) is 4.98 Å². The topological polar surface area (TPSA) is 60.5 Å². The van der Waals surface area contributed by atoms with E-state index in [0.29, 0.717) is 24.8 Å². The number of carbonyl (C=O) groups excluding carboxylic acids is 1. The number of amides is 1. The van der Waals surface area contributed by atoms with Gasteiger partial charge in [-0.2, -0.15) is 0 Å². The van der Waals surface area contributed by atoms with Crippen LogP contribution in [-0.4, -0.2) is 31.2 Å². The monoisotopic (exact) mass is 360 g/mol. The second-order valence-electron chi connectivity index (χ2n) is 6.12. The van der Waals surface area contributed by atoms with E-state index in [2.05, 4.69) is 16.4 Å². The van der Waals surface area contributed by atoms with E-state index in [4.69, 9.17) is 9.47 Å². The molecule has 1 aliphatic rings. The number of rotatable bonds is 6. The molecule has 1 N–H and O–H groups in total. The van der Waals surface area contributed by atoms with E-state index in [0.717, 1.165) is 17.7 Å². The fourth-order valence-electron chi connectivity index (χ4n) is 2.96. The lowest BCUT2D eigenvalue weighted by atomic mass is 10.00. The molecule has 0 fully saturated rings. The number of fused-ring (bicyclic) bond motifs is 1. The van der Waals surface area contributed by atoms with Crippen LogP contribution in [0.5, 0.6) is 5.88 Å². The Bertz CT molecular complexity index is 689. The molecule has 2 aromatic heterocycles. The maximum absolute atomic E-state index is 12.7. The Kier molecular flexibility index (Phi) is 6.42. The summed E-state index contributed by atoms with van der Waals surface area (Å²) in [5, 5.41) is 2.94. The van der Waals surface area contributed by atoms with Crippen molar-refractivity contribution in [2.24, 2.45) is 0 Å². The van der Waals surface area contributed by atoms with Crippen LogP contribution in [0.2, 0.25) is 0 Å². The highest BCUT2D eigenvalue weighted by molar-refractivity contribution is 7.14. The fourth-order valence-corrected chi connectivity index (χ4v) is 4.11. The third-order valence-electron chi connectivity index (χ3n) is 4.27. The summed E-state index contributed by atoms with van der Waals surface area (Å²) < 4.78 is 10.6. The minimum atomic E-state index is -0.0960. The summed E-state index contributed by atoms with van der Waals surface area (Å²) in [5.41, 5.74) is 1.93. The molecule has 2 heterocycles. The summed E-state index contributed by atoms with van der Waals surface area (Å²) in [4.78, 5) is 19.0. The van der Waals surface area contributed by atoms with Crippen LogP contribution in [0, 0.1) is 0 Å². The van der Waals surface area contributed by atoms with Gasteiger partial charge in [-0.25, -0.2) is 4.98 Å². The lowest BCUT2D eigenvalue weighted by Gasteiger charge is -2.10. The van der Waals surface area contributed by atoms with Crippen molar-refractivity contribution < 1.29 is 14.3 Å². The lowest BCUT2D eigenvalue weighted by molar-refractivity contribution is 0.102. The third-order valence-corrected chi connectivity index (χ3v) is 5.50. The van der Waals surface area contributed by atoms with E-state index in [1.807, 2.05) is 0 Å². The Balaban J connectivity index is 1.71. The second kappa shape index (κ2) is 8.97. The number of thiophene rings is 1. The molecule has 0 aromatic carbocycles. The molecule has 3 rings (SSSR count). The minimum absolute atomic E-state index is 0.0960. The van der Waals surface area contributed by atoms with Crippen molar-refractivity contribution in [3.05, 3.63) is 39.7 Å². The number of carbonyl (C=O) groups is 1. The van der Waals surface area contributed by atoms with Crippen molar-refractivity contribution >= 4 is 22.9 Å². The number of ether oxygens (including phenoxy) is 2. The first kappa shape index (κ1) is 17.9. The van der Waals surface area contributed by atoms with E-state index in [-0.39, 0.29) is 5.91 Å². The van der Waals surface area contributed by atoms with E-state index >= 15 is 0 Å². The molecule has 0 spiro atoms. The van der Waals surface area contributed by atoms with Crippen LogP contribution >= 0.6 is 11.3 Å². The fraction of sp³-hybridized carbons (Fsp3) is 0.474. The molecule has 134 valence electrons. The molecule has 0 aliphatic heterocycles. The molecule has 2 aromatic rings. The number of hydrogen-bond acceptors (Lipinski definition) is 5. The van der Waals surface area contributed by atoms with Crippen LogP contribution in [-0.2, 0) is 17.6 Å². The Morgan fingerprint density at radius 2 is 2.08 bits per heavy atom. The van der Waals surface area contributed by atoms with Gasteiger partial charge in [-0.1, -0.05) is 12.8 Å². The number of nitrogens with one attached hydrogen (secondary N) is 1. The van der Waals surface area contributed by atoms with Crippen LogP contribution in [0.15, 0.2) is 24.4 Å². The maximum Gasteiger partial charge on any atom is 0.265 e. The molecule has 0 saturated heterocycles. The largest absolute Gasteiger partial charge is 0.474 e. The van der Waals surface area contributed by atoms with Crippen LogP contribution in [0.25, 0.3) is 0 Å². The van der Waals surface area contributed by atoms with E-state index in [1.54, 1.807) is 36.8 Å². The van der Waals surface area contributed by atoms with E-state index in [9.17, 15) is 4.79 Å². The molecule has 0 radical (unpaired) electrons. The van der Waals surface area contributed by atoms with Gasteiger partial charge >= 0.3 is 0 Å². The number of hydrogen-bond donors (Lipinski definition) is 1. The SMILES string of the molecule is COCCOc1ncccc1NC(=O)c1cc2c(s1)CCCCCC2. The predicted octanol–water partition coefficient (Wildman–Crippen LogP) is 4.08. The average Bonchev–Trinajstić information content (AvgIpc) is 2.99.